The molecule has 1 saturated carbocycles. The first-order valence-electron chi connectivity index (χ1n) is 6.90. The predicted octanol–water partition coefficient (Wildman–Crippen LogP) is 2.07. The van der Waals surface area contributed by atoms with Crippen molar-refractivity contribution in [1.82, 2.24) is 0 Å². The fourth-order valence-corrected chi connectivity index (χ4v) is 2.74. The van der Waals surface area contributed by atoms with E-state index >= 15 is 0 Å². The number of rotatable bonds is 4. The number of benzene rings is 1. The number of nitrogens with zero attached hydrogens (tertiary/aromatic N) is 1. The van der Waals surface area contributed by atoms with Gasteiger partial charge in [0.25, 0.3) is 0 Å². The summed E-state index contributed by atoms with van der Waals surface area (Å²) in [6, 6.07) is 7.90. The average molecular weight is 261 g/mol. The molecule has 0 bridgehead atoms. The summed E-state index contributed by atoms with van der Waals surface area (Å²) in [7, 11) is 4.00. The van der Waals surface area contributed by atoms with Crippen molar-refractivity contribution in [2.45, 2.75) is 19.3 Å². The Morgan fingerprint density at radius 2 is 2.00 bits per heavy atom. The summed E-state index contributed by atoms with van der Waals surface area (Å²) < 4.78 is 0. The van der Waals surface area contributed by atoms with Crippen molar-refractivity contribution >= 4 is 17.3 Å². The molecule has 1 aliphatic carbocycles. The second kappa shape index (κ2) is 6.06. The quantitative estimate of drug-likeness (QED) is 0.872. The van der Waals surface area contributed by atoms with Crippen molar-refractivity contribution in [3.8, 4) is 0 Å². The third kappa shape index (κ3) is 3.26. The Balaban J connectivity index is 1.98. The standard InChI is InChI=1S/C15H23N3O/c1-18(2)13-8-6-12(7-9-13)17-15(19)14-5-3-4-11(14)10-16/h6-9,11,14H,3-5,10,16H2,1-2H3,(H,17,19). The highest BCUT2D eigenvalue weighted by molar-refractivity contribution is 5.93. The van der Waals surface area contributed by atoms with Gasteiger partial charge in [-0.15, -0.1) is 0 Å². The Morgan fingerprint density at radius 1 is 1.32 bits per heavy atom. The number of amides is 1. The van der Waals surface area contributed by atoms with Gasteiger partial charge in [0.05, 0.1) is 0 Å². The van der Waals surface area contributed by atoms with Crippen LogP contribution in [0.3, 0.4) is 0 Å². The van der Waals surface area contributed by atoms with E-state index in [0.29, 0.717) is 12.5 Å². The van der Waals surface area contributed by atoms with Gasteiger partial charge in [-0.1, -0.05) is 6.42 Å². The molecule has 2 rings (SSSR count). The summed E-state index contributed by atoms with van der Waals surface area (Å²) in [5, 5.41) is 3.00. The minimum atomic E-state index is 0.0820. The molecular formula is C15H23N3O. The molecule has 1 amide bonds. The van der Waals surface area contributed by atoms with E-state index in [9.17, 15) is 4.79 Å². The lowest BCUT2D eigenvalue weighted by Crippen LogP contribution is -2.29. The number of hydrogen-bond donors (Lipinski definition) is 2. The maximum absolute atomic E-state index is 12.2. The van der Waals surface area contributed by atoms with E-state index in [1.807, 2.05) is 43.3 Å². The van der Waals surface area contributed by atoms with Gasteiger partial charge >= 0.3 is 0 Å². The van der Waals surface area contributed by atoms with Crippen LogP contribution in [0.4, 0.5) is 11.4 Å². The van der Waals surface area contributed by atoms with Crippen molar-refractivity contribution in [3.63, 3.8) is 0 Å². The van der Waals surface area contributed by atoms with E-state index in [2.05, 4.69) is 5.32 Å². The molecule has 0 heterocycles. The van der Waals surface area contributed by atoms with Crippen molar-refractivity contribution in [1.29, 1.82) is 0 Å². The lowest BCUT2D eigenvalue weighted by molar-refractivity contribution is -0.120. The summed E-state index contributed by atoms with van der Waals surface area (Å²) in [6.07, 6.45) is 3.15. The van der Waals surface area contributed by atoms with E-state index in [1.54, 1.807) is 0 Å². The second-order valence-electron chi connectivity index (χ2n) is 5.46. The van der Waals surface area contributed by atoms with Crippen LogP contribution in [0, 0.1) is 11.8 Å². The summed E-state index contributed by atoms with van der Waals surface area (Å²) >= 11 is 0. The number of carbonyl (C=O) groups is 1. The van der Waals surface area contributed by atoms with Gasteiger partial charge < -0.3 is 16.0 Å². The Bertz CT molecular complexity index is 428. The minimum Gasteiger partial charge on any atom is -0.378 e. The Kier molecular flexibility index (Phi) is 4.43. The number of hydrogen-bond acceptors (Lipinski definition) is 3. The first-order chi connectivity index (χ1) is 9.11. The van der Waals surface area contributed by atoms with Crippen molar-refractivity contribution < 1.29 is 4.79 Å². The predicted molar refractivity (Wildman–Crippen MR) is 79.3 cm³/mol. The fraction of sp³-hybridized carbons (Fsp3) is 0.533. The maximum Gasteiger partial charge on any atom is 0.227 e. The molecule has 19 heavy (non-hydrogen) atoms. The zero-order valence-corrected chi connectivity index (χ0v) is 11.7. The van der Waals surface area contributed by atoms with E-state index in [0.717, 1.165) is 30.6 Å². The third-order valence-electron chi connectivity index (χ3n) is 3.95. The summed E-state index contributed by atoms with van der Waals surface area (Å²) in [5.74, 6) is 0.546. The van der Waals surface area contributed by atoms with Crippen molar-refractivity contribution in [2.75, 3.05) is 30.9 Å². The maximum atomic E-state index is 12.2. The smallest absolute Gasteiger partial charge is 0.227 e. The molecule has 1 aliphatic rings. The summed E-state index contributed by atoms with van der Waals surface area (Å²) in [4.78, 5) is 14.3. The number of nitrogens with one attached hydrogen (secondary N) is 1. The van der Waals surface area contributed by atoms with Crippen LogP contribution < -0.4 is 16.0 Å². The highest BCUT2D eigenvalue weighted by Gasteiger charge is 2.31. The highest BCUT2D eigenvalue weighted by Crippen LogP contribution is 2.31. The molecule has 0 aliphatic heterocycles. The van der Waals surface area contributed by atoms with Crippen molar-refractivity contribution in [2.24, 2.45) is 17.6 Å². The normalized spacial score (nSPS) is 22.3. The molecule has 0 saturated heterocycles. The lowest BCUT2D eigenvalue weighted by atomic mass is 9.95. The second-order valence-corrected chi connectivity index (χ2v) is 5.46. The van der Waals surface area contributed by atoms with Crippen LogP contribution in [0.15, 0.2) is 24.3 Å². The SMILES string of the molecule is CN(C)c1ccc(NC(=O)C2CCCC2CN)cc1. The molecule has 2 atom stereocenters. The van der Waals surface area contributed by atoms with Crippen LogP contribution in [-0.4, -0.2) is 26.5 Å². The topological polar surface area (TPSA) is 58.4 Å². The molecule has 1 aromatic carbocycles. The summed E-state index contributed by atoms with van der Waals surface area (Å²) in [6.45, 7) is 0.609. The van der Waals surface area contributed by atoms with Gasteiger partial charge in [0, 0.05) is 31.4 Å². The molecule has 4 nitrogen and oxygen atoms in total. The van der Waals surface area contributed by atoms with Gasteiger partial charge in [-0.05, 0) is 49.6 Å². The Hall–Kier alpha value is -1.55. The van der Waals surface area contributed by atoms with Crippen LogP contribution in [0.2, 0.25) is 0 Å². The van der Waals surface area contributed by atoms with E-state index in [4.69, 9.17) is 5.73 Å². The Morgan fingerprint density at radius 3 is 2.58 bits per heavy atom. The largest absolute Gasteiger partial charge is 0.378 e. The number of carbonyl (C=O) groups excluding carboxylic acids is 1. The van der Waals surface area contributed by atoms with Crippen LogP contribution in [0.25, 0.3) is 0 Å². The van der Waals surface area contributed by atoms with Crippen LogP contribution in [0.5, 0.6) is 0 Å². The molecule has 0 spiro atoms. The van der Waals surface area contributed by atoms with E-state index in [1.165, 1.54) is 0 Å². The fourth-order valence-electron chi connectivity index (χ4n) is 2.74. The van der Waals surface area contributed by atoms with Crippen LogP contribution in [0.1, 0.15) is 19.3 Å². The van der Waals surface area contributed by atoms with Gasteiger partial charge in [0.2, 0.25) is 5.91 Å². The monoisotopic (exact) mass is 261 g/mol. The van der Waals surface area contributed by atoms with Gasteiger partial charge in [-0.25, -0.2) is 0 Å². The highest BCUT2D eigenvalue weighted by atomic mass is 16.1. The van der Waals surface area contributed by atoms with Gasteiger partial charge in [-0.2, -0.15) is 0 Å². The number of nitrogens with two attached hydrogens (primary N) is 1. The number of anilines is 2. The van der Waals surface area contributed by atoms with E-state index < -0.39 is 0 Å². The first kappa shape index (κ1) is 13.9. The summed E-state index contributed by atoms with van der Waals surface area (Å²) in [5.41, 5.74) is 7.71. The lowest BCUT2D eigenvalue weighted by Gasteiger charge is -2.18. The molecule has 1 fully saturated rings. The molecule has 4 heteroatoms. The zero-order valence-electron chi connectivity index (χ0n) is 11.7. The van der Waals surface area contributed by atoms with Crippen molar-refractivity contribution in [3.05, 3.63) is 24.3 Å². The van der Waals surface area contributed by atoms with Gasteiger partial charge in [0.1, 0.15) is 0 Å². The molecule has 2 unspecified atom stereocenters. The van der Waals surface area contributed by atoms with Crippen LogP contribution in [-0.2, 0) is 4.79 Å². The molecule has 0 aromatic heterocycles. The zero-order chi connectivity index (χ0) is 13.8. The molecular weight excluding hydrogens is 238 g/mol. The third-order valence-corrected chi connectivity index (χ3v) is 3.95. The van der Waals surface area contributed by atoms with Crippen LogP contribution >= 0.6 is 0 Å². The van der Waals surface area contributed by atoms with Gasteiger partial charge in [-0.3, -0.25) is 4.79 Å². The van der Waals surface area contributed by atoms with E-state index in [-0.39, 0.29) is 11.8 Å². The molecule has 1 aromatic rings. The minimum absolute atomic E-state index is 0.0820. The van der Waals surface area contributed by atoms with Gasteiger partial charge in [0.15, 0.2) is 0 Å². The average Bonchev–Trinajstić information content (AvgIpc) is 2.87. The first-order valence-corrected chi connectivity index (χ1v) is 6.90. The molecule has 3 N–H and O–H groups in total. The Labute approximate surface area is 115 Å². The molecule has 0 radical (unpaired) electrons. The molecule has 104 valence electrons.